The lowest BCUT2D eigenvalue weighted by molar-refractivity contribution is 0.162. The van der Waals surface area contributed by atoms with Crippen molar-refractivity contribution in [1.29, 1.82) is 0 Å². The molecule has 2 aliphatic rings. The van der Waals surface area contributed by atoms with Crippen molar-refractivity contribution in [3.63, 3.8) is 0 Å². The fourth-order valence-corrected chi connectivity index (χ4v) is 4.09. The van der Waals surface area contributed by atoms with E-state index in [4.69, 9.17) is 4.42 Å². The van der Waals surface area contributed by atoms with E-state index in [0.717, 1.165) is 44.8 Å². The lowest BCUT2D eigenvalue weighted by atomic mass is 10.1. The number of imidazole rings is 1. The van der Waals surface area contributed by atoms with Crippen LogP contribution in [-0.4, -0.2) is 58.1 Å². The molecule has 0 spiro atoms. The largest absolute Gasteiger partial charge is 0.468 e. The molecule has 0 radical (unpaired) electrons. The Morgan fingerprint density at radius 1 is 1.27 bits per heavy atom. The Morgan fingerprint density at radius 3 is 2.73 bits per heavy atom. The average Bonchev–Trinajstić information content (AvgIpc) is 3.45. The molecular weight excluding hydrogens is 330 g/mol. The van der Waals surface area contributed by atoms with Gasteiger partial charge in [-0.1, -0.05) is 0 Å². The highest BCUT2D eigenvalue weighted by atomic mass is 16.3. The van der Waals surface area contributed by atoms with Crippen molar-refractivity contribution in [3.05, 3.63) is 42.9 Å². The highest BCUT2D eigenvalue weighted by molar-refractivity contribution is 5.74. The number of urea groups is 1. The van der Waals surface area contributed by atoms with E-state index in [9.17, 15) is 4.79 Å². The zero-order valence-electron chi connectivity index (χ0n) is 15.1. The summed E-state index contributed by atoms with van der Waals surface area (Å²) in [6.07, 6.45) is 11.8. The molecule has 0 bridgehead atoms. The molecule has 140 valence electrons. The summed E-state index contributed by atoms with van der Waals surface area (Å²) in [5, 5.41) is 3.13. The Morgan fingerprint density at radius 2 is 2.08 bits per heavy atom. The summed E-state index contributed by atoms with van der Waals surface area (Å²) in [6.45, 7) is 4.29. The van der Waals surface area contributed by atoms with Gasteiger partial charge in [0, 0.05) is 38.1 Å². The maximum Gasteiger partial charge on any atom is 0.317 e. The van der Waals surface area contributed by atoms with Crippen molar-refractivity contribution >= 4 is 6.03 Å². The van der Waals surface area contributed by atoms with Gasteiger partial charge in [0.2, 0.25) is 0 Å². The first-order chi connectivity index (χ1) is 12.8. The van der Waals surface area contributed by atoms with E-state index in [2.05, 4.69) is 19.8 Å². The minimum atomic E-state index is 0.0323. The number of nitrogens with one attached hydrogen (secondary N) is 1. The Bertz CT molecular complexity index is 671. The molecule has 7 nitrogen and oxygen atoms in total. The monoisotopic (exact) mass is 357 g/mol. The van der Waals surface area contributed by atoms with Gasteiger partial charge in [0.15, 0.2) is 0 Å². The number of hydrogen-bond donors (Lipinski definition) is 1. The normalized spacial score (nSPS) is 20.4. The van der Waals surface area contributed by atoms with Crippen LogP contribution in [0.4, 0.5) is 4.79 Å². The molecule has 2 saturated heterocycles. The van der Waals surface area contributed by atoms with Crippen LogP contribution in [0.1, 0.15) is 43.5 Å². The molecular formula is C19H27N5O2. The summed E-state index contributed by atoms with van der Waals surface area (Å²) in [7, 11) is 0. The lowest BCUT2D eigenvalue weighted by Crippen LogP contribution is -2.47. The van der Waals surface area contributed by atoms with Crippen LogP contribution in [0.25, 0.3) is 0 Å². The molecule has 7 heteroatoms. The zero-order chi connectivity index (χ0) is 17.8. The first-order valence-electron chi connectivity index (χ1n) is 9.59. The van der Waals surface area contributed by atoms with Crippen molar-refractivity contribution in [2.45, 2.75) is 37.8 Å². The molecule has 2 amide bonds. The number of carbonyl (C=O) groups excluding carboxylic acids is 1. The molecule has 2 aromatic heterocycles. The number of aromatic nitrogens is 2. The molecule has 2 aromatic rings. The smallest absolute Gasteiger partial charge is 0.317 e. The van der Waals surface area contributed by atoms with Gasteiger partial charge >= 0.3 is 6.03 Å². The highest BCUT2D eigenvalue weighted by Gasteiger charge is 2.28. The molecule has 1 atom stereocenters. The number of nitrogens with zero attached hydrogens (tertiary/aromatic N) is 4. The standard InChI is InChI=1S/C19H27N5O2/c25-19(23-10-5-16(6-11-23)24-12-7-20-15-24)21-14-17(18-4-3-13-26-18)22-8-1-2-9-22/h3-4,7,12-13,15-17H,1-2,5-6,8-11,14H2,(H,21,25)/t17-/m1/s1. The van der Waals surface area contributed by atoms with Crippen LogP contribution in [0.3, 0.4) is 0 Å². The van der Waals surface area contributed by atoms with Crippen LogP contribution in [0.2, 0.25) is 0 Å². The first-order valence-corrected chi connectivity index (χ1v) is 9.59. The fraction of sp³-hybridized carbons (Fsp3) is 0.579. The molecule has 0 aromatic carbocycles. The number of carbonyl (C=O) groups is 1. The topological polar surface area (TPSA) is 66.5 Å². The van der Waals surface area contributed by atoms with Gasteiger partial charge < -0.3 is 19.2 Å². The molecule has 4 rings (SSSR count). The number of furan rings is 1. The molecule has 0 saturated carbocycles. The van der Waals surface area contributed by atoms with Crippen LogP contribution < -0.4 is 5.32 Å². The SMILES string of the molecule is O=C(NC[C@H](c1ccco1)N1CCCC1)N1CCC(n2ccnc2)CC1. The molecule has 0 aliphatic carbocycles. The minimum absolute atomic E-state index is 0.0323. The third-order valence-electron chi connectivity index (χ3n) is 5.60. The summed E-state index contributed by atoms with van der Waals surface area (Å²) >= 11 is 0. The zero-order valence-corrected chi connectivity index (χ0v) is 15.1. The van der Waals surface area contributed by atoms with Crippen LogP contribution in [0.5, 0.6) is 0 Å². The molecule has 4 heterocycles. The third kappa shape index (κ3) is 3.77. The van der Waals surface area contributed by atoms with Gasteiger partial charge in [0.05, 0.1) is 18.6 Å². The maximum atomic E-state index is 12.6. The van der Waals surface area contributed by atoms with E-state index in [1.807, 2.05) is 35.8 Å². The van der Waals surface area contributed by atoms with Gasteiger partial charge in [-0.2, -0.15) is 0 Å². The Hall–Kier alpha value is -2.28. The Balaban J connectivity index is 1.30. The molecule has 2 aliphatic heterocycles. The van der Waals surface area contributed by atoms with Gasteiger partial charge in [0.1, 0.15) is 5.76 Å². The lowest BCUT2D eigenvalue weighted by Gasteiger charge is -2.33. The van der Waals surface area contributed by atoms with Crippen LogP contribution in [0.15, 0.2) is 41.5 Å². The van der Waals surface area contributed by atoms with E-state index in [1.165, 1.54) is 12.8 Å². The van der Waals surface area contributed by atoms with Crippen molar-refractivity contribution in [2.24, 2.45) is 0 Å². The van der Waals surface area contributed by atoms with Crippen molar-refractivity contribution < 1.29 is 9.21 Å². The number of amides is 2. The second kappa shape index (κ2) is 7.95. The van der Waals surface area contributed by atoms with Crippen LogP contribution >= 0.6 is 0 Å². The van der Waals surface area contributed by atoms with Gasteiger partial charge in [-0.05, 0) is 50.9 Å². The Kier molecular flexibility index (Phi) is 5.24. The molecule has 2 fully saturated rings. The van der Waals surface area contributed by atoms with Crippen LogP contribution in [-0.2, 0) is 0 Å². The molecule has 1 N–H and O–H groups in total. The third-order valence-corrected chi connectivity index (χ3v) is 5.60. The summed E-state index contributed by atoms with van der Waals surface area (Å²) in [4.78, 5) is 21.1. The number of likely N-dealkylation sites (tertiary alicyclic amines) is 2. The van der Waals surface area contributed by atoms with Crippen molar-refractivity contribution in [2.75, 3.05) is 32.7 Å². The second-order valence-electron chi connectivity index (χ2n) is 7.19. The number of piperidine rings is 1. The van der Waals surface area contributed by atoms with Gasteiger partial charge in [0.25, 0.3) is 0 Å². The Labute approximate surface area is 154 Å². The molecule has 0 unspecified atom stereocenters. The average molecular weight is 357 g/mol. The predicted octanol–water partition coefficient (Wildman–Crippen LogP) is 2.66. The summed E-state index contributed by atoms with van der Waals surface area (Å²) in [5.41, 5.74) is 0. The fourth-order valence-electron chi connectivity index (χ4n) is 4.09. The predicted molar refractivity (Wildman–Crippen MR) is 97.7 cm³/mol. The van der Waals surface area contributed by atoms with Crippen LogP contribution in [0, 0.1) is 0 Å². The quantitative estimate of drug-likeness (QED) is 0.893. The molecule has 26 heavy (non-hydrogen) atoms. The van der Waals surface area contributed by atoms with Gasteiger partial charge in [-0.3, -0.25) is 4.90 Å². The van der Waals surface area contributed by atoms with Crippen molar-refractivity contribution in [3.8, 4) is 0 Å². The van der Waals surface area contributed by atoms with E-state index in [-0.39, 0.29) is 12.1 Å². The van der Waals surface area contributed by atoms with E-state index in [1.54, 1.807) is 6.26 Å². The van der Waals surface area contributed by atoms with Crippen molar-refractivity contribution in [1.82, 2.24) is 24.7 Å². The van der Waals surface area contributed by atoms with E-state index in [0.29, 0.717) is 12.6 Å². The first kappa shape index (κ1) is 17.1. The van der Waals surface area contributed by atoms with Gasteiger partial charge in [-0.25, -0.2) is 9.78 Å². The number of hydrogen-bond acceptors (Lipinski definition) is 4. The highest BCUT2D eigenvalue weighted by Crippen LogP contribution is 2.25. The summed E-state index contributed by atoms with van der Waals surface area (Å²) in [6, 6.07) is 4.53. The summed E-state index contributed by atoms with van der Waals surface area (Å²) in [5.74, 6) is 0.936. The van der Waals surface area contributed by atoms with E-state index < -0.39 is 0 Å². The van der Waals surface area contributed by atoms with E-state index >= 15 is 0 Å². The maximum absolute atomic E-state index is 12.6. The second-order valence-corrected chi connectivity index (χ2v) is 7.19. The minimum Gasteiger partial charge on any atom is -0.468 e. The summed E-state index contributed by atoms with van der Waals surface area (Å²) < 4.78 is 7.77. The number of rotatable bonds is 5. The van der Waals surface area contributed by atoms with Gasteiger partial charge in [-0.15, -0.1) is 0 Å².